The van der Waals surface area contributed by atoms with Gasteiger partial charge in [0.1, 0.15) is 0 Å². The normalized spacial score (nSPS) is 10.6. The number of pyridine rings is 1. The van der Waals surface area contributed by atoms with Crippen molar-refractivity contribution in [3.63, 3.8) is 0 Å². The maximum atomic E-state index is 5.91. The predicted molar refractivity (Wildman–Crippen MR) is 69.5 cm³/mol. The van der Waals surface area contributed by atoms with Gasteiger partial charge in [0.15, 0.2) is 5.82 Å². The fourth-order valence-corrected chi connectivity index (χ4v) is 1.97. The molecule has 0 amide bonds. The molecule has 0 aliphatic heterocycles. The molecule has 2 aromatic heterocycles. The van der Waals surface area contributed by atoms with Crippen molar-refractivity contribution in [3.8, 4) is 11.1 Å². The van der Waals surface area contributed by atoms with Gasteiger partial charge in [0.2, 0.25) is 0 Å². The summed E-state index contributed by atoms with van der Waals surface area (Å²) in [6.07, 6.45) is 8.16. The summed E-state index contributed by atoms with van der Waals surface area (Å²) in [5, 5.41) is 7.14. The van der Waals surface area contributed by atoms with Crippen LogP contribution in [0.25, 0.3) is 11.1 Å². The number of nitrogens with one attached hydrogen (secondary N) is 1. The molecule has 0 aliphatic carbocycles. The van der Waals surface area contributed by atoms with Gasteiger partial charge in [0, 0.05) is 23.7 Å². The summed E-state index contributed by atoms with van der Waals surface area (Å²) in [6, 6.07) is 3.93. The molecule has 0 aromatic carbocycles. The highest BCUT2D eigenvalue weighted by Gasteiger charge is 2.12. The minimum Gasteiger partial charge on any atom is -0.382 e. The molecule has 0 saturated heterocycles. The van der Waals surface area contributed by atoms with E-state index in [9.17, 15) is 0 Å². The standard InChI is InChI=1S/C13H18N4/c1-2-3-4-5-11-12(13(14)17-16-11)10-6-8-15-9-7-10/h6-9H,2-5H2,1H3,(H3,14,16,17). The van der Waals surface area contributed by atoms with E-state index in [4.69, 9.17) is 5.73 Å². The molecule has 2 rings (SSSR count). The van der Waals surface area contributed by atoms with Crippen LogP contribution in [0.4, 0.5) is 5.82 Å². The molecular weight excluding hydrogens is 212 g/mol. The van der Waals surface area contributed by atoms with Gasteiger partial charge in [-0.3, -0.25) is 10.1 Å². The topological polar surface area (TPSA) is 67.6 Å². The largest absolute Gasteiger partial charge is 0.382 e. The number of unbranched alkanes of at least 4 members (excludes halogenated alkanes) is 2. The maximum Gasteiger partial charge on any atom is 0.153 e. The van der Waals surface area contributed by atoms with Crippen molar-refractivity contribution in [1.82, 2.24) is 15.2 Å². The molecule has 0 unspecified atom stereocenters. The van der Waals surface area contributed by atoms with E-state index in [0.29, 0.717) is 5.82 Å². The Bertz CT molecular complexity index is 462. The van der Waals surface area contributed by atoms with E-state index >= 15 is 0 Å². The molecule has 0 atom stereocenters. The van der Waals surface area contributed by atoms with Crippen molar-refractivity contribution in [2.75, 3.05) is 5.73 Å². The summed E-state index contributed by atoms with van der Waals surface area (Å²) in [6.45, 7) is 2.20. The van der Waals surface area contributed by atoms with Crippen LogP contribution in [0.1, 0.15) is 31.9 Å². The highest BCUT2D eigenvalue weighted by atomic mass is 15.2. The first-order valence-electron chi connectivity index (χ1n) is 6.06. The molecule has 17 heavy (non-hydrogen) atoms. The molecule has 0 spiro atoms. The first kappa shape index (κ1) is 11.6. The number of hydrogen-bond acceptors (Lipinski definition) is 3. The SMILES string of the molecule is CCCCCc1[nH]nc(N)c1-c1ccncc1. The Kier molecular flexibility index (Phi) is 3.75. The molecule has 90 valence electrons. The smallest absolute Gasteiger partial charge is 0.153 e. The fraction of sp³-hybridized carbons (Fsp3) is 0.385. The van der Waals surface area contributed by atoms with Crippen molar-refractivity contribution < 1.29 is 0 Å². The number of hydrogen-bond donors (Lipinski definition) is 2. The van der Waals surface area contributed by atoms with Crippen molar-refractivity contribution in [2.24, 2.45) is 0 Å². The van der Waals surface area contributed by atoms with Gasteiger partial charge in [-0.2, -0.15) is 5.10 Å². The molecule has 0 saturated carbocycles. The average molecular weight is 230 g/mol. The minimum atomic E-state index is 0.572. The van der Waals surface area contributed by atoms with Crippen LogP contribution in [0.2, 0.25) is 0 Å². The van der Waals surface area contributed by atoms with Gasteiger partial charge in [-0.15, -0.1) is 0 Å². The summed E-state index contributed by atoms with van der Waals surface area (Å²) in [7, 11) is 0. The number of nitrogen functional groups attached to an aromatic ring is 1. The van der Waals surface area contributed by atoms with Gasteiger partial charge in [-0.1, -0.05) is 19.8 Å². The minimum absolute atomic E-state index is 0.572. The number of aromatic amines is 1. The van der Waals surface area contributed by atoms with Crippen LogP contribution in [-0.2, 0) is 6.42 Å². The Balaban J connectivity index is 2.24. The molecule has 2 aromatic rings. The first-order valence-corrected chi connectivity index (χ1v) is 6.06. The van der Waals surface area contributed by atoms with Gasteiger partial charge < -0.3 is 5.73 Å². The van der Waals surface area contributed by atoms with E-state index in [1.54, 1.807) is 12.4 Å². The zero-order valence-electron chi connectivity index (χ0n) is 10.1. The first-order chi connectivity index (χ1) is 8.33. The van der Waals surface area contributed by atoms with E-state index in [2.05, 4.69) is 22.1 Å². The summed E-state index contributed by atoms with van der Waals surface area (Å²) < 4.78 is 0. The Morgan fingerprint density at radius 1 is 1.24 bits per heavy atom. The zero-order chi connectivity index (χ0) is 12.1. The van der Waals surface area contributed by atoms with Crippen molar-refractivity contribution in [3.05, 3.63) is 30.2 Å². The summed E-state index contributed by atoms with van der Waals surface area (Å²) in [5.74, 6) is 0.572. The highest BCUT2D eigenvalue weighted by molar-refractivity contribution is 5.75. The van der Waals surface area contributed by atoms with E-state index < -0.39 is 0 Å². The third-order valence-electron chi connectivity index (χ3n) is 2.87. The molecule has 0 fully saturated rings. The number of H-pyrrole nitrogens is 1. The Morgan fingerprint density at radius 3 is 2.71 bits per heavy atom. The highest BCUT2D eigenvalue weighted by Crippen LogP contribution is 2.28. The van der Waals surface area contributed by atoms with Crippen LogP contribution in [0, 0.1) is 0 Å². The van der Waals surface area contributed by atoms with E-state index in [1.807, 2.05) is 12.1 Å². The maximum absolute atomic E-state index is 5.91. The number of nitrogens with two attached hydrogens (primary N) is 1. The lowest BCUT2D eigenvalue weighted by Gasteiger charge is -2.03. The van der Waals surface area contributed by atoms with E-state index in [1.165, 1.54) is 12.8 Å². The van der Waals surface area contributed by atoms with Crippen molar-refractivity contribution >= 4 is 5.82 Å². The van der Waals surface area contributed by atoms with E-state index in [-0.39, 0.29) is 0 Å². The molecule has 2 heterocycles. The number of aryl methyl sites for hydroxylation is 1. The fourth-order valence-electron chi connectivity index (χ4n) is 1.97. The van der Waals surface area contributed by atoms with E-state index in [0.717, 1.165) is 29.7 Å². The van der Waals surface area contributed by atoms with Crippen LogP contribution >= 0.6 is 0 Å². The molecule has 0 aliphatic rings. The lowest BCUT2D eigenvalue weighted by Crippen LogP contribution is -1.92. The third kappa shape index (κ3) is 2.64. The van der Waals surface area contributed by atoms with Crippen LogP contribution < -0.4 is 5.73 Å². The molecule has 4 nitrogen and oxygen atoms in total. The second-order valence-corrected chi connectivity index (χ2v) is 4.16. The van der Waals surface area contributed by atoms with Crippen LogP contribution in [0.3, 0.4) is 0 Å². The average Bonchev–Trinajstić information content (AvgIpc) is 2.72. The predicted octanol–water partition coefficient (Wildman–Crippen LogP) is 2.79. The summed E-state index contributed by atoms with van der Waals surface area (Å²) >= 11 is 0. The Labute approximate surface area is 101 Å². The van der Waals surface area contributed by atoms with Crippen LogP contribution in [-0.4, -0.2) is 15.2 Å². The molecule has 3 N–H and O–H groups in total. The second-order valence-electron chi connectivity index (χ2n) is 4.16. The number of anilines is 1. The Morgan fingerprint density at radius 2 is 2.00 bits per heavy atom. The lowest BCUT2D eigenvalue weighted by atomic mass is 10.0. The third-order valence-corrected chi connectivity index (χ3v) is 2.87. The number of rotatable bonds is 5. The molecule has 0 bridgehead atoms. The van der Waals surface area contributed by atoms with Gasteiger partial charge in [0.25, 0.3) is 0 Å². The van der Waals surface area contributed by atoms with Gasteiger partial charge >= 0.3 is 0 Å². The Hall–Kier alpha value is -1.84. The summed E-state index contributed by atoms with van der Waals surface area (Å²) in [4.78, 5) is 4.02. The summed E-state index contributed by atoms with van der Waals surface area (Å²) in [5.41, 5.74) is 9.15. The monoisotopic (exact) mass is 230 g/mol. The van der Waals surface area contributed by atoms with Crippen molar-refractivity contribution in [1.29, 1.82) is 0 Å². The number of nitrogens with zero attached hydrogens (tertiary/aromatic N) is 2. The second kappa shape index (κ2) is 5.48. The zero-order valence-corrected chi connectivity index (χ0v) is 10.1. The molecular formula is C13H18N4. The van der Waals surface area contributed by atoms with Gasteiger partial charge in [-0.05, 0) is 30.5 Å². The molecule has 0 radical (unpaired) electrons. The number of aromatic nitrogens is 3. The lowest BCUT2D eigenvalue weighted by molar-refractivity contribution is 0.706. The quantitative estimate of drug-likeness (QED) is 0.776. The molecule has 4 heteroatoms. The van der Waals surface area contributed by atoms with Crippen LogP contribution in [0.5, 0.6) is 0 Å². The van der Waals surface area contributed by atoms with Gasteiger partial charge in [-0.25, -0.2) is 0 Å². The van der Waals surface area contributed by atoms with Gasteiger partial charge in [0.05, 0.1) is 0 Å². The van der Waals surface area contributed by atoms with Crippen molar-refractivity contribution in [2.45, 2.75) is 32.6 Å². The van der Waals surface area contributed by atoms with Crippen LogP contribution in [0.15, 0.2) is 24.5 Å².